The Kier molecular flexibility index (Phi) is 4.86. The summed E-state index contributed by atoms with van der Waals surface area (Å²) in [5.41, 5.74) is 1.04. The van der Waals surface area contributed by atoms with Crippen LogP contribution in [-0.2, 0) is 11.2 Å². The molecule has 0 fully saturated rings. The summed E-state index contributed by atoms with van der Waals surface area (Å²) >= 11 is 5.35. The number of esters is 1. The van der Waals surface area contributed by atoms with E-state index >= 15 is 0 Å². The SMILES string of the molecule is C=CCc1ccc(OC(=O)CCl)c(OC)c1. The lowest BCUT2D eigenvalue weighted by Crippen LogP contribution is -2.09. The molecule has 86 valence electrons. The van der Waals surface area contributed by atoms with Crippen LogP contribution in [0, 0.1) is 0 Å². The standard InChI is InChI=1S/C12H13ClO3/c1-3-4-9-5-6-10(11(7-9)15-2)16-12(14)8-13/h3,5-7H,1,4,8H2,2H3. The summed E-state index contributed by atoms with van der Waals surface area (Å²) in [6.45, 7) is 3.65. The predicted octanol–water partition coefficient (Wildman–Crippen LogP) is 2.57. The fourth-order valence-corrected chi connectivity index (χ4v) is 1.29. The number of allylic oxidation sites excluding steroid dienone is 1. The molecule has 0 aliphatic heterocycles. The van der Waals surface area contributed by atoms with E-state index in [4.69, 9.17) is 21.1 Å². The zero-order valence-corrected chi connectivity index (χ0v) is 9.79. The highest BCUT2D eigenvalue weighted by atomic mass is 35.5. The third-order valence-corrected chi connectivity index (χ3v) is 2.16. The van der Waals surface area contributed by atoms with Crippen LogP contribution in [0.15, 0.2) is 30.9 Å². The lowest BCUT2D eigenvalue weighted by atomic mass is 10.1. The Morgan fingerprint density at radius 2 is 2.25 bits per heavy atom. The summed E-state index contributed by atoms with van der Waals surface area (Å²) < 4.78 is 10.1. The number of alkyl halides is 1. The highest BCUT2D eigenvalue weighted by Gasteiger charge is 2.09. The fraction of sp³-hybridized carbons (Fsp3) is 0.250. The zero-order valence-electron chi connectivity index (χ0n) is 9.03. The molecule has 1 rings (SSSR count). The summed E-state index contributed by atoms with van der Waals surface area (Å²) in [6.07, 6.45) is 2.53. The number of carbonyl (C=O) groups excluding carboxylic acids is 1. The summed E-state index contributed by atoms with van der Waals surface area (Å²) in [5.74, 6) is 0.201. The molecule has 0 aliphatic carbocycles. The second-order valence-corrected chi connectivity index (χ2v) is 3.35. The van der Waals surface area contributed by atoms with E-state index in [-0.39, 0.29) is 5.88 Å². The molecule has 0 heterocycles. The van der Waals surface area contributed by atoms with Crippen LogP contribution in [0.3, 0.4) is 0 Å². The van der Waals surface area contributed by atoms with E-state index in [9.17, 15) is 4.79 Å². The van der Waals surface area contributed by atoms with Crippen molar-refractivity contribution in [1.29, 1.82) is 0 Å². The molecule has 0 radical (unpaired) electrons. The molecule has 0 amide bonds. The van der Waals surface area contributed by atoms with E-state index in [1.165, 1.54) is 7.11 Å². The van der Waals surface area contributed by atoms with Crippen LogP contribution in [0.5, 0.6) is 11.5 Å². The Labute approximate surface area is 99.6 Å². The summed E-state index contributed by atoms with van der Waals surface area (Å²) in [7, 11) is 1.52. The molecule has 0 saturated heterocycles. The van der Waals surface area contributed by atoms with E-state index < -0.39 is 5.97 Å². The molecule has 4 heteroatoms. The minimum Gasteiger partial charge on any atom is -0.493 e. The predicted molar refractivity (Wildman–Crippen MR) is 63.3 cm³/mol. The maximum atomic E-state index is 11.0. The number of rotatable bonds is 5. The molecule has 16 heavy (non-hydrogen) atoms. The van der Waals surface area contributed by atoms with Gasteiger partial charge in [-0.25, -0.2) is 0 Å². The molecule has 0 aliphatic rings. The number of hydrogen-bond acceptors (Lipinski definition) is 3. The highest BCUT2D eigenvalue weighted by Crippen LogP contribution is 2.28. The van der Waals surface area contributed by atoms with Crippen LogP contribution in [0.25, 0.3) is 0 Å². The quantitative estimate of drug-likeness (QED) is 0.343. The number of hydrogen-bond donors (Lipinski definition) is 0. The van der Waals surface area contributed by atoms with Crippen molar-refractivity contribution >= 4 is 17.6 Å². The molecular weight excluding hydrogens is 228 g/mol. The van der Waals surface area contributed by atoms with Crippen LogP contribution in [0.4, 0.5) is 0 Å². The van der Waals surface area contributed by atoms with Crippen LogP contribution >= 0.6 is 11.6 Å². The van der Waals surface area contributed by atoms with Crippen LogP contribution < -0.4 is 9.47 Å². The molecule has 0 N–H and O–H groups in total. The molecule has 0 spiro atoms. The van der Waals surface area contributed by atoms with Gasteiger partial charge in [-0.3, -0.25) is 4.79 Å². The van der Waals surface area contributed by atoms with Gasteiger partial charge in [0, 0.05) is 0 Å². The van der Waals surface area contributed by atoms with E-state index in [1.54, 1.807) is 18.2 Å². The average molecular weight is 241 g/mol. The van der Waals surface area contributed by atoms with Crippen LogP contribution in [0.1, 0.15) is 5.56 Å². The van der Waals surface area contributed by atoms with Crippen molar-refractivity contribution < 1.29 is 14.3 Å². The van der Waals surface area contributed by atoms with Crippen molar-refractivity contribution in [1.82, 2.24) is 0 Å². The Bertz CT molecular complexity index is 388. The van der Waals surface area contributed by atoms with Gasteiger partial charge in [0.15, 0.2) is 11.5 Å². The van der Waals surface area contributed by atoms with Crippen LogP contribution in [-0.4, -0.2) is 19.0 Å². The summed E-state index contributed by atoms with van der Waals surface area (Å²) in [6, 6.07) is 5.34. The zero-order chi connectivity index (χ0) is 12.0. The molecule has 1 aromatic rings. The van der Waals surface area contributed by atoms with E-state index in [0.29, 0.717) is 11.5 Å². The van der Waals surface area contributed by atoms with Gasteiger partial charge in [-0.15, -0.1) is 18.2 Å². The average Bonchev–Trinajstić information content (AvgIpc) is 2.31. The van der Waals surface area contributed by atoms with Gasteiger partial charge in [0.25, 0.3) is 0 Å². The molecule has 1 aromatic carbocycles. The molecule has 0 saturated carbocycles. The lowest BCUT2D eigenvalue weighted by molar-refractivity contribution is -0.131. The minimum absolute atomic E-state index is 0.183. The molecule has 3 nitrogen and oxygen atoms in total. The number of halogens is 1. The van der Waals surface area contributed by atoms with E-state index in [2.05, 4.69) is 6.58 Å². The number of methoxy groups -OCH3 is 1. The Balaban J connectivity index is 2.92. The molecule has 0 aromatic heterocycles. The number of benzene rings is 1. The van der Waals surface area contributed by atoms with Crippen molar-refractivity contribution in [2.24, 2.45) is 0 Å². The molecule has 0 bridgehead atoms. The Morgan fingerprint density at radius 1 is 1.50 bits per heavy atom. The molecule has 0 unspecified atom stereocenters. The highest BCUT2D eigenvalue weighted by molar-refractivity contribution is 6.26. The first-order valence-corrected chi connectivity index (χ1v) is 5.29. The van der Waals surface area contributed by atoms with Crippen LogP contribution in [0.2, 0.25) is 0 Å². The lowest BCUT2D eigenvalue weighted by Gasteiger charge is -2.09. The van der Waals surface area contributed by atoms with Crippen molar-refractivity contribution in [2.75, 3.05) is 13.0 Å². The largest absolute Gasteiger partial charge is 0.493 e. The topological polar surface area (TPSA) is 35.5 Å². The van der Waals surface area contributed by atoms with Crippen molar-refractivity contribution in [3.8, 4) is 11.5 Å². The molecular formula is C12H13ClO3. The van der Waals surface area contributed by atoms with Gasteiger partial charge >= 0.3 is 5.97 Å². The summed E-state index contributed by atoms with van der Waals surface area (Å²) in [5, 5.41) is 0. The monoisotopic (exact) mass is 240 g/mol. The normalized spacial score (nSPS) is 9.62. The smallest absolute Gasteiger partial charge is 0.326 e. The van der Waals surface area contributed by atoms with Gasteiger partial charge in [-0.2, -0.15) is 0 Å². The fourth-order valence-electron chi connectivity index (χ4n) is 1.24. The maximum Gasteiger partial charge on any atom is 0.326 e. The van der Waals surface area contributed by atoms with Crippen molar-refractivity contribution in [2.45, 2.75) is 6.42 Å². The van der Waals surface area contributed by atoms with Gasteiger partial charge in [0.05, 0.1) is 7.11 Å². The van der Waals surface area contributed by atoms with Gasteiger partial charge in [0.1, 0.15) is 5.88 Å². The number of ether oxygens (including phenoxy) is 2. The van der Waals surface area contributed by atoms with Gasteiger partial charge in [0.2, 0.25) is 0 Å². The first-order chi connectivity index (χ1) is 7.71. The van der Waals surface area contributed by atoms with E-state index in [0.717, 1.165) is 12.0 Å². The molecule has 0 atom stereocenters. The van der Waals surface area contributed by atoms with E-state index in [1.807, 2.05) is 6.07 Å². The Morgan fingerprint density at radius 3 is 2.81 bits per heavy atom. The Hall–Kier alpha value is -1.48. The maximum absolute atomic E-state index is 11.0. The second-order valence-electron chi connectivity index (χ2n) is 3.09. The third-order valence-electron chi connectivity index (χ3n) is 1.94. The van der Waals surface area contributed by atoms with Crippen molar-refractivity contribution in [3.63, 3.8) is 0 Å². The minimum atomic E-state index is -0.503. The van der Waals surface area contributed by atoms with Gasteiger partial charge in [-0.1, -0.05) is 12.1 Å². The summed E-state index contributed by atoms with van der Waals surface area (Å²) in [4.78, 5) is 11.0. The first-order valence-electron chi connectivity index (χ1n) is 4.75. The van der Waals surface area contributed by atoms with Gasteiger partial charge in [-0.05, 0) is 24.1 Å². The third kappa shape index (κ3) is 3.28. The number of carbonyl (C=O) groups is 1. The first kappa shape index (κ1) is 12.6. The second kappa shape index (κ2) is 6.18. The van der Waals surface area contributed by atoms with Crippen molar-refractivity contribution in [3.05, 3.63) is 36.4 Å². The van der Waals surface area contributed by atoms with Gasteiger partial charge < -0.3 is 9.47 Å².